The van der Waals surface area contributed by atoms with E-state index in [1.807, 2.05) is 41.9 Å². The predicted molar refractivity (Wildman–Crippen MR) is 127 cm³/mol. The second-order valence-electron chi connectivity index (χ2n) is 7.66. The molecule has 2 N–H and O–H groups in total. The Balaban J connectivity index is 1.26. The second kappa shape index (κ2) is 9.35. The van der Waals surface area contributed by atoms with Crippen LogP contribution < -0.4 is 10.6 Å². The molecule has 5 rings (SSSR count). The molecule has 0 amide bonds. The van der Waals surface area contributed by atoms with Crippen molar-refractivity contribution >= 4 is 17.5 Å². The molecule has 33 heavy (non-hydrogen) atoms. The molecule has 0 bridgehead atoms. The summed E-state index contributed by atoms with van der Waals surface area (Å²) < 4.78 is 7.74. The molecular weight excluding hydrogens is 414 g/mol. The Bertz CT molecular complexity index is 1310. The van der Waals surface area contributed by atoms with Crippen molar-refractivity contribution in [1.82, 2.24) is 24.7 Å². The molecule has 0 fully saturated rings. The second-order valence-corrected chi connectivity index (χ2v) is 7.66. The van der Waals surface area contributed by atoms with E-state index in [1.165, 1.54) is 11.1 Å². The first-order valence-corrected chi connectivity index (χ1v) is 10.6. The van der Waals surface area contributed by atoms with E-state index in [1.54, 1.807) is 18.7 Å². The van der Waals surface area contributed by atoms with Gasteiger partial charge in [-0.1, -0.05) is 47.6 Å². The summed E-state index contributed by atoms with van der Waals surface area (Å²) >= 11 is 0. The summed E-state index contributed by atoms with van der Waals surface area (Å²) in [6.45, 7) is 0.612. The summed E-state index contributed by atoms with van der Waals surface area (Å²) in [6, 6.07) is 22.8. The molecule has 0 aliphatic carbocycles. The molecule has 0 saturated carbocycles. The topological polar surface area (TPSA) is 93.7 Å². The molecule has 0 aliphatic heterocycles. The van der Waals surface area contributed by atoms with E-state index in [-0.39, 0.29) is 0 Å². The molecule has 0 unspecified atom stereocenters. The van der Waals surface area contributed by atoms with E-state index in [4.69, 9.17) is 4.42 Å². The minimum atomic E-state index is 0.321. The van der Waals surface area contributed by atoms with E-state index >= 15 is 0 Å². The third-order valence-electron chi connectivity index (χ3n) is 5.23. The lowest BCUT2D eigenvalue weighted by atomic mass is 10.1. The molecule has 0 saturated heterocycles. The molecular formula is C25H23N7O. The minimum absolute atomic E-state index is 0.321. The lowest BCUT2D eigenvalue weighted by Gasteiger charge is -2.06. The first kappa shape index (κ1) is 20.4. The van der Waals surface area contributed by atoms with Crippen molar-refractivity contribution in [2.75, 3.05) is 10.6 Å². The van der Waals surface area contributed by atoms with Crippen molar-refractivity contribution in [1.29, 1.82) is 0 Å². The summed E-state index contributed by atoms with van der Waals surface area (Å²) in [6.07, 6.45) is 6.13. The summed E-state index contributed by atoms with van der Waals surface area (Å²) in [4.78, 5) is 8.47. The third kappa shape index (κ3) is 4.90. The van der Waals surface area contributed by atoms with Crippen molar-refractivity contribution in [3.05, 3.63) is 102 Å². The van der Waals surface area contributed by atoms with Crippen molar-refractivity contribution in [3.8, 4) is 11.6 Å². The zero-order valence-corrected chi connectivity index (χ0v) is 18.1. The standard InChI is InChI=1S/C25H23N7O/c1-32-17-28-23(27-16-20-11-13-26-14-12-20)22(32)24-30-31-25(33-24)29-21-9-7-19(8-10-21)15-18-5-3-2-4-6-18/h2-14,17,27H,15-16H2,1H3,(H,29,31). The molecule has 3 aromatic heterocycles. The largest absolute Gasteiger partial charge is 0.401 e. The zero-order chi connectivity index (χ0) is 22.5. The number of nitrogens with zero attached hydrogens (tertiary/aromatic N) is 5. The van der Waals surface area contributed by atoms with Gasteiger partial charge in [0.05, 0.1) is 6.33 Å². The van der Waals surface area contributed by atoms with Crippen LogP contribution in [0.3, 0.4) is 0 Å². The average Bonchev–Trinajstić information content (AvgIpc) is 3.46. The van der Waals surface area contributed by atoms with Crippen LogP contribution in [-0.2, 0) is 20.0 Å². The molecule has 5 aromatic rings. The highest BCUT2D eigenvalue weighted by Gasteiger charge is 2.18. The molecule has 8 nitrogen and oxygen atoms in total. The van der Waals surface area contributed by atoms with Gasteiger partial charge in [0.25, 0.3) is 5.89 Å². The quantitative estimate of drug-likeness (QED) is 0.360. The van der Waals surface area contributed by atoms with Gasteiger partial charge in [0, 0.05) is 31.7 Å². The maximum absolute atomic E-state index is 5.89. The van der Waals surface area contributed by atoms with Gasteiger partial charge in [-0.05, 0) is 47.4 Å². The van der Waals surface area contributed by atoms with E-state index < -0.39 is 0 Å². The fourth-order valence-electron chi connectivity index (χ4n) is 3.53. The van der Waals surface area contributed by atoms with Crippen LogP contribution in [0.1, 0.15) is 16.7 Å². The monoisotopic (exact) mass is 437 g/mol. The summed E-state index contributed by atoms with van der Waals surface area (Å²) in [7, 11) is 1.89. The van der Waals surface area contributed by atoms with Crippen molar-refractivity contribution in [2.45, 2.75) is 13.0 Å². The van der Waals surface area contributed by atoms with Crippen LogP contribution >= 0.6 is 0 Å². The lowest BCUT2D eigenvalue weighted by Crippen LogP contribution is -2.02. The van der Waals surface area contributed by atoms with Crippen molar-refractivity contribution in [2.24, 2.45) is 7.05 Å². The average molecular weight is 438 g/mol. The molecule has 0 atom stereocenters. The SMILES string of the molecule is Cn1cnc(NCc2ccncc2)c1-c1nnc(Nc2ccc(Cc3ccccc3)cc2)o1. The molecule has 0 spiro atoms. The van der Waals surface area contributed by atoms with Gasteiger partial charge in [0.2, 0.25) is 0 Å². The first-order valence-electron chi connectivity index (χ1n) is 10.6. The van der Waals surface area contributed by atoms with Gasteiger partial charge in [-0.3, -0.25) is 4.98 Å². The number of anilines is 3. The fraction of sp³-hybridized carbons (Fsp3) is 0.120. The van der Waals surface area contributed by atoms with Gasteiger partial charge in [-0.25, -0.2) is 4.98 Å². The van der Waals surface area contributed by atoms with E-state index in [9.17, 15) is 0 Å². The first-order chi connectivity index (χ1) is 16.2. The van der Waals surface area contributed by atoms with Gasteiger partial charge < -0.3 is 19.6 Å². The Hall–Kier alpha value is -4.46. The molecule has 3 heterocycles. The highest BCUT2D eigenvalue weighted by molar-refractivity contribution is 5.66. The molecule has 0 aliphatic rings. The normalized spacial score (nSPS) is 10.8. The van der Waals surface area contributed by atoms with Crippen LogP contribution in [0.4, 0.5) is 17.5 Å². The fourth-order valence-corrected chi connectivity index (χ4v) is 3.53. The molecule has 0 radical (unpaired) electrons. The summed E-state index contributed by atoms with van der Waals surface area (Å²) in [5, 5.41) is 14.9. The van der Waals surface area contributed by atoms with Gasteiger partial charge in [-0.2, -0.15) is 0 Å². The molecule has 8 heteroatoms. The highest BCUT2D eigenvalue weighted by atomic mass is 16.4. The number of aryl methyl sites for hydroxylation is 1. The predicted octanol–water partition coefficient (Wildman–Crippen LogP) is 4.81. The van der Waals surface area contributed by atoms with Crippen LogP contribution in [0.5, 0.6) is 0 Å². The molecule has 2 aromatic carbocycles. The maximum Gasteiger partial charge on any atom is 0.320 e. The Morgan fingerprint density at radius 1 is 0.848 bits per heavy atom. The number of imidazole rings is 1. The number of pyridine rings is 1. The van der Waals surface area contributed by atoms with Crippen LogP contribution in [0.2, 0.25) is 0 Å². The number of benzene rings is 2. The van der Waals surface area contributed by atoms with E-state index in [0.717, 1.165) is 23.4 Å². The van der Waals surface area contributed by atoms with Gasteiger partial charge in [0.1, 0.15) is 5.69 Å². The Labute approximate surface area is 191 Å². The van der Waals surface area contributed by atoms with Crippen molar-refractivity contribution in [3.63, 3.8) is 0 Å². The number of nitrogens with one attached hydrogen (secondary N) is 2. The smallest absolute Gasteiger partial charge is 0.320 e. The Kier molecular flexibility index (Phi) is 5.79. The highest BCUT2D eigenvalue weighted by Crippen LogP contribution is 2.28. The van der Waals surface area contributed by atoms with Crippen molar-refractivity contribution < 1.29 is 4.42 Å². The number of aromatic nitrogens is 5. The lowest BCUT2D eigenvalue weighted by molar-refractivity contribution is 0.582. The van der Waals surface area contributed by atoms with Gasteiger partial charge in [0.15, 0.2) is 5.82 Å². The van der Waals surface area contributed by atoms with Gasteiger partial charge in [-0.15, -0.1) is 5.10 Å². The number of hydrogen-bond acceptors (Lipinski definition) is 7. The Morgan fingerprint density at radius 2 is 1.61 bits per heavy atom. The van der Waals surface area contributed by atoms with Crippen LogP contribution in [-0.4, -0.2) is 24.7 Å². The molecule has 164 valence electrons. The third-order valence-corrected chi connectivity index (χ3v) is 5.23. The van der Waals surface area contributed by atoms with Crippen LogP contribution in [0.25, 0.3) is 11.6 Å². The van der Waals surface area contributed by atoms with Crippen LogP contribution in [0, 0.1) is 0 Å². The zero-order valence-electron chi connectivity index (χ0n) is 18.1. The van der Waals surface area contributed by atoms with Gasteiger partial charge >= 0.3 is 6.01 Å². The summed E-state index contributed by atoms with van der Waals surface area (Å²) in [5.74, 6) is 1.06. The Morgan fingerprint density at radius 3 is 2.39 bits per heavy atom. The number of hydrogen-bond donors (Lipinski definition) is 2. The minimum Gasteiger partial charge on any atom is -0.401 e. The van der Waals surface area contributed by atoms with Crippen LogP contribution in [0.15, 0.2) is 89.9 Å². The van der Waals surface area contributed by atoms with E-state index in [0.29, 0.717) is 24.3 Å². The maximum atomic E-state index is 5.89. The number of rotatable bonds is 8. The van der Waals surface area contributed by atoms with E-state index in [2.05, 4.69) is 67.2 Å². The summed E-state index contributed by atoms with van der Waals surface area (Å²) in [5.41, 5.74) is 5.22.